The average Bonchev–Trinajstić information content (AvgIpc) is 3.44. The van der Waals surface area contributed by atoms with Crippen molar-refractivity contribution in [3.63, 3.8) is 0 Å². The van der Waals surface area contributed by atoms with Crippen molar-refractivity contribution < 1.29 is 11.7 Å². The summed E-state index contributed by atoms with van der Waals surface area (Å²) in [4.78, 5) is 0. The number of hydrogen-bond acceptors (Lipinski definition) is 1. The van der Waals surface area contributed by atoms with E-state index in [0.29, 0.717) is 5.56 Å². The summed E-state index contributed by atoms with van der Waals surface area (Å²) >= 11 is 0. The summed E-state index contributed by atoms with van der Waals surface area (Å²) < 4.78 is 26.3. The highest BCUT2D eigenvalue weighted by molar-refractivity contribution is 6.11. The van der Waals surface area contributed by atoms with E-state index in [1.165, 1.54) is 22.3 Å². The quantitative estimate of drug-likeness (QED) is 0.205. The minimum atomic E-state index is -1.43. The lowest BCUT2D eigenvalue weighted by molar-refractivity contribution is -0.660. The van der Waals surface area contributed by atoms with E-state index in [0.717, 1.165) is 49.9 Å². The molecule has 7 rings (SSSR count). The number of benzene rings is 4. The largest absolute Gasteiger partial charge is 0.455 e. The van der Waals surface area contributed by atoms with Gasteiger partial charge in [0.2, 0.25) is 5.69 Å². The number of hydrogen-bond donors (Lipinski definition) is 0. The number of aromatic nitrogens is 1. The van der Waals surface area contributed by atoms with Crippen LogP contribution in [-0.4, -0.2) is 0 Å². The highest BCUT2D eigenvalue weighted by atomic mass is 16.3. The van der Waals surface area contributed by atoms with E-state index in [2.05, 4.69) is 99.2 Å². The van der Waals surface area contributed by atoms with Crippen LogP contribution in [0.2, 0.25) is 0 Å². The maximum absolute atomic E-state index is 8.67. The molecule has 0 spiro atoms. The zero-order chi connectivity index (χ0) is 30.5. The third-order valence-corrected chi connectivity index (χ3v) is 8.70. The van der Waals surface area contributed by atoms with Gasteiger partial charge in [0.25, 0.3) is 0 Å². The Kier molecular flexibility index (Phi) is 5.11. The molecule has 0 unspecified atom stereocenters. The fourth-order valence-electron chi connectivity index (χ4n) is 6.63. The van der Waals surface area contributed by atoms with Crippen molar-refractivity contribution in [3.8, 4) is 33.5 Å². The van der Waals surface area contributed by atoms with Crippen LogP contribution in [0.15, 0.2) is 95.5 Å². The molecule has 0 amide bonds. The molecule has 0 N–H and O–H groups in total. The summed E-state index contributed by atoms with van der Waals surface area (Å²) in [6.45, 7) is 12.6. The van der Waals surface area contributed by atoms with Crippen LogP contribution < -0.4 is 4.57 Å². The van der Waals surface area contributed by atoms with Crippen LogP contribution in [0.3, 0.4) is 0 Å². The topological polar surface area (TPSA) is 17.0 Å². The first-order valence-corrected chi connectivity index (χ1v) is 14.5. The molecule has 1 aliphatic rings. The number of nitrogens with zero attached hydrogens (tertiary/aromatic N) is 1. The molecule has 0 atom stereocenters. The molecule has 41 heavy (non-hydrogen) atoms. The SMILES string of the molecule is [2H]C([2H])(c1ccc(-c2cc[n+](C)c(-c3c(C)ccc4c3oc3cc5c(cc34)-c3ccccc3C5(C)C)c2)cc1)C(C)(C)C. The molecular weight excluding hydrogens is 498 g/mol. The maximum Gasteiger partial charge on any atom is 0.216 e. The fourth-order valence-corrected chi connectivity index (χ4v) is 6.63. The predicted octanol–water partition coefficient (Wildman–Crippen LogP) is 9.95. The number of furan rings is 1. The smallest absolute Gasteiger partial charge is 0.216 e. The lowest BCUT2D eigenvalue weighted by atomic mass is 9.82. The molecule has 1 aliphatic carbocycles. The Morgan fingerprint density at radius 1 is 0.805 bits per heavy atom. The molecule has 2 aromatic heterocycles. The summed E-state index contributed by atoms with van der Waals surface area (Å²) in [5.41, 5.74) is 12.7. The van der Waals surface area contributed by atoms with E-state index < -0.39 is 11.8 Å². The molecule has 6 aromatic rings. The van der Waals surface area contributed by atoms with Crippen molar-refractivity contribution >= 4 is 21.9 Å². The van der Waals surface area contributed by atoms with Crippen molar-refractivity contribution in [2.75, 3.05) is 0 Å². The second-order valence-electron chi connectivity index (χ2n) is 13.2. The molecule has 2 heterocycles. The maximum atomic E-state index is 8.67. The Bertz CT molecular complexity index is 2070. The average molecular weight is 539 g/mol. The lowest BCUT2D eigenvalue weighted by Crippen LogP contribution is -2.30. The van der Waals surface area contributed by atoms with Crippen LogP contribution >= 0.6 is 0 Å². The Labute approximate surface area is 246 Å². The van der Waals surface area contributed by atoms with Gasteiger partial charge in [-0.2, -0.15) is 0 Å². The molecule has 0 saturated heterocycles. The number of fused-ring (bicyclic) bond motifs is 6. The van der Waals surface area contributed by atoms with Crippen molar-refractivity contribution in [3.05, 3.63) is 113 Å². The second-order valence-corrected chi connectivity index (χ2v) is 13.2. The van der Waals surface area contributed by atoms with Crippen molar-refractivity contribution in [2.45, 2.75) is 53.3 Å². The van der Waals surface area contributed by atoms with Gasteiger partial charge in [0.05, 0.1) is 5.56 Å². The summed E-state index contributed by atoms with van der Waals surface area (Å²) in [7, 11) is 2.08. The number of rotatable bonds is 3. The fraction of sp³-hybridized carbons (Fsp3) is 0.256. The van der Waals surface area contributed by atoms with Gasteiger partial charge < -0.3 is 4.42 Å². The molecule has 2 nitrogen and oxygen atoms in total. The van der Waals surface area contributed by atoms with Crippen LogP contribution in [0, 0.1) is 12.3 Å². The van der Waals surface area contributed by atoms with Crippen molar-refractivity contribution in [1.82, 2.24) is 0 Å². The first-order chi connectivity index (χ1) is 20.3. The van der Waals surface area contributed by atoms with Gasteiger partial charge in [-0.3, -0.25) is 0 Å². The highest BCUT2D eigenvalue weighted by Gasteiger charge is 2.36. The van der Waals surface area contributed by atoms with Gasteiger partial charge in [-0.25, -0.2) is 4.57 Å². The Morgan fingerprint density at radius 2 is 1.56 bits per heavy atom. The van der Waals surface area contributed by atoms with Gasteiger partial charge in [-0.1, -0.05) is 95.3 Å². The second kappa shape index (κ2) is 8.91. The highest BCUT2D eigenvalue weighted by Crippen LogP contribution is 2.51. The van der Waals surface area contributed by atoms with Crippen LogP contribution in [0.1, 0.15) is 59.6 Å². The third kappa shape index (κ3) is 4.11. The van der Waals surface area contributed by atoms with Gasteiger partial charge in [0, 0.05) is 31.1 Å². The van der Waals surface area contributed by atoms with E-state index in [-0.39, 0.29) is 5.41 Å². The minimum absolute atomic E-state index is 0.0827. The Balaban J connectivity index is 1.38. The van der Waals surface area contributed by atoms with Crippen LogP contribution in [0.25, 0.3) is 55.4 Å². The van der Waals surface area contributed by atoms with Crippen LogP contribution in [0.4, 0.5) is 0 Å². The number of aryl methyl sites for hydroxylation is 2. The van der Waals surface area contributed by atoms with E-state index in [1.807, 2.05) is 45.0 Å². The molecular formula is C39H38NO+. The van der Waals surface area contributed by atoms with Gasteiger partial charge >= 0.3 is 0 Å². The van der Waals surface area contributed by atoms with E-state index in [1.54, 1.807) is 0 Å². The standard InChI is InChI=1S/C39H38NO/c1-24-12-17-29-31-21-30-28-10-8-9-11-32(28)39(5,6)33(30)22-35(31)41-37(29)36(24)34-20-27(18-19-40(34)7)26-15-13-25(14-16-26)23-38(2,3)4/h8-22H,23H2,1-7H3/q+1/i23D2. The molecule has 0 fully saturated rings. The molecule has 4 aromatic carbocycles. The van der Waals surface area contributed by atoms with Gasteiger partial charge in [-0.15, -0.1) is 0 Å². The third-order valence-electron chi connectivity index (χ3n) is 8.70. The van der Waals surface area contributed by atoms with Crippen molar-refractivity contribution in [1.29, 1.82) is 0 Å². The molecule has 0 bridgehead atoms. The minimum Gasteiger partial charge on any atom is -0.455 e. The van der Waals surface area contributed by atoms with E-state index in [9.17, 15) is 0 Å². The van der Waals surface area contributed by atoms with Gasteiger partial charge in [0.1, 0.15) is 18.2 Å². The Morgan fingerprint density at radius 3 is 2.32 bits per heavy atom. The normalized spacial score (nSPS) is 15.1. The van der Waals surface area contributed by atoms with E-state index >= 15 is 0 Å². The summed E-state index contributed by atoms with van der Waals surface area (Å²) in [5.74, 6) is 0. The molecule has 0 aliphatic heterocycles. The summed E-state index contributed by atoms with van der Waals surface area (Å²) in [6.07, 6.45) is 0.674. The van der Waals surface area contributed by atoms with Gasteiger partial charge in [0.15, 0.2) is 6.20 Å². The molecule has 0 saturated carbocycles. The summed E-state index contributed by atoms with van der Waals surface area (Å²) in [5, 5.41) is 2.27. The molecule has 2 heteroatoms. The lowest BCUT2D eigenvalue weighted by Gasteiger charge is -2.21. The monoisotopic (exact) mass is 538 g/mol. The number of pyridine rings is 1. The Hall–Kier alpha value is -4.17. The van der Waals surface area contributed by atoms with Crippen LogP contribution in [-0.2, 0) is 18.8 Å². The first-order valence-electron chi connectivity index (χ1n) is 15.5. The van der Waals surface area contributed by atoms with Crippen LogP contribution in [0.5, 0.6) is 0 Å². The summed E-state index contributed by atoms with van der Waals surface area (Å²) in [6, 6.07) is 30.0. The molecule has 0 radical (unpaired) electrons. The zero-order valence-electron chi connectivity index (χ0n) is 27.0. The van der Waals surface area contributed by atoms with E-state index in [4.69, 9.17) is 7.16 Å². The first kappa shape index (κ1) is 23.5. The van der Waals surface area contributed by atoms with Gasteiger partial charge in [-0.05, 0) is 75.4 Å². The molecule has 204 valence electrons. The predicted molar refractivity (Wildman–Crippen MR) is 171 cm³/mol. The zero-order valence-corrected chi connectivity index (χ0v) is 25.0. The van der Waals surface area contributed by atoms with Crippen molar-refractivity contribution in [2.24, 2.45) is 12.5 Å².